The second-order valence-electron chi connectivity index (χ2n) is 4.49. The fraction of sp³-hybridized carbons (Fsp3) is 0.214. The minimum atomic E-state index is -0.902. The Hall–Kier alpha value is -1.95. The Bertz CT molecular complexity index is 629. The second kappa shape index (κ2) is 6.00. The topological polar surface area (TPSA) is 66.3 Å². The molecule has 0 aliphatic heterocycles. The number of carbonyl (C=O) groups is 1. The van der Waals surface area contributed by atoms with Gasteiger partial charge in [-0.2, -0.15) is 0 Å². The van der Waals surface area contributed by atoms with Gasteiger partial charge in [0.05, 0.1) is 5.69 Å². The zero-order chi connectivity index (χ0) is 14.7. The summed E-state index contributed by atoms with van der Waals surface area (Å²) in [7, 11) is 1.67. The Balaban J connectivity index is 2.28. The van der Waals surface area contributed by atoms with Crippen LogP contribution >= 0.6 is 15.9 Å². The van der Waals surface area contributed by atoms with Gasteiger partial charge in [-0.3, -0.25) is 4.79 Å². The first-order chi connectivity index (χ1) is 9.47. The van der Waals surface area contributed by atoms with E-state index in [0.717, 1.165) is 21.3 Å². The number of nitrogens with zero attached hydrogens (tertiary/aromatic N) is 3. The monoisotopic (exact) mass is 335 g/mol. The number of carboxylic acids is 1. The van der Waals surface area contributed by atoms with E-state index < -0.39 is 5.97 Å². The van der Waals surface area contributed by atoms with E-state index in [1.807, 2.05) is 31.2 Å². The molecule has 0 aliphatic rings. The first-order valence-electron chi connectivity index (χ1n) is 6.00. The highest BCUT2D eigenvalue weighted by atomic mass is 79.9. The van der Waals surface area contributed by atoms with Crippen LogP contribution in [0.25, 0.3) is 11.3 Å². The highest BCUT2D eigenvalue weighted by Gasteiger charge is 2.09. The molecule has 0 amide bonds. The summed E-state index contributed by atoms with van der Waals surface area (Å²) in [6.07, 6.45) is 0. The van der Waals surface area contributed by atoms with Crippen LogP contribution in [0, 0.1) is 6.92 Å². The number of likely N-dealkylation sites (N-methyl/N-ethyl adjacent to an activating group) is 1. The molecule has 0 saturated carbocycles. The summed E-state index contributed by atoms with van der Waals surface area (Å²) in [4.78, 5) is 12.2. The second-order valence-corrected chi connectivity index (χ2v) is 5.40. The molecule has 104 valence electrons. The minimum Gasteiger partial charge on any atom is -0.480 e. The largest absolute Gasteiger partial charge is 0.480 e. The van der Waals surface area contributed by atoms with Crippen LogP contribution < -0.4 is 4.90 Å². The van der Waals surface area contributed by atoms with E-state index in [1.54, 1.807) is 13.1 Å². The van der Waals surface area contributed by atoms with Crippen molar-refractivity contribution in [1.29, 1.82) is 0 Å². The van der Waals surface area contributed by atoms with Gasteiger partial charge in [-0.1, -0.05) is 22.0 Å². The number of carboxylic acid groups (broad SMARTS) is 1. The van der Waals surface area contributed by atoms with Crippen molar-refractivity contribution >= 4 is 27.7 Å². The van der Waals surface area contributed by atoms with E-state index in [2.05, 4.69) is 26.1 Å². The smallest absolute Gasteiger partial charge is 0.323 e. The fourth-order valence-corrected chi connectivity index (χ4v) is 2.19. The summed E-state index contributed by atoms with van der Waals surface area (Å²) in [5.41, 5.74) is 2.87. The Morgan fingerprint density at radius 1 is 1.30 bits per heavy atom. The summed E-state index contributed by atoms with van der Waals surface area (Å²) in [6.45, 7) is 1.90. The number of benzene rings is 1. The maximum Gasteiger partial charge on any atom is 0.323 e. The van der Waals surface area contributed by atoms with Crippen molar-refractivity contribution in [3.63, 3.8) is 0 Å². The van der Waals surface area contributed by atoms with Crippen molar-refractivity contribution < 1.29 is 9.90 Å². The van der Waals surface area contributed by atoms with Gasteiger partial charge in [-0.05, 0) is 36.8 Å². The molecular weight excluding hydrogens is 322 g/mol. The summed E-state index contributed by atoms with van der Waals surface area (Å²) in [6, 6.07) is 9.58. The van der Waals surface area contributed by atoms with Crippen molar-refractivity contribution in [3.8, 4) is 11.3 Å². The maximum absolute atomic E-state index is 10.7. The van der Waals surface area contributed by atoms with Gasteiger partial charge < -0.3 is 10.0 Å². The lowest BCUT2D eigenvalue weighted by molar-refractivity contribution is -0.135. The summed E-state index contributed by atoms with van der Waals surface area (Å²) < 4.78 is 0.979. The number of hydrogen-bond donors (Lipinski definition) is 1. The molecule has 1 N–H and O–H groups in total. The maximum atomic E-state index is 10.7. The molecule has 0 radical (unpaired) electrons. The lowest BCUT2D eigenvalue weighted by Gasteiger charge is -2.15. The van der Waals surface area contributed by atoms with Crippen LogP contribution in [0.5, 0.6) is 0 Å². The molecule has 0 fully saturated rings. The minimum absolute atomic E-state index is 0.107. The van der Waals surface area contributed by atoms with E-state index in [-0.39, 0.29) is 6.54 Å². The van der Waals surface area contributed by atoms with Crippen molar-refractivity contribution in [3.05, 3.63) is 40.4 Å². The van der Waals surface area contributed by atoms with E-state index >= 15 is 0 Å². The van der Waals surface area contributed by atoms with Gasteiger partial charge in [0.25, 0.3) is 0 Å². The van der Waals surface area contributed by atoms with Crippen LogP contribution in [-0.4, -0.2) is 34.9 Å². The van der Waals surface area contributed by atoms with Crippen LogP contribution in [-0.2, 0) is 4.79 Å². The summed E-state index contributed by atoms with van der Waals surface area (Å²) >= 11 is 3.44. The number of anilines is 1. The van der Waals surface area contributed by atoms with Crippen molar-refractivity contribution in [2.45, 2.75) is 6.92 Å². The lowest BCUT2D eigenvalue weighted by atomic mass is 10.1. The third kappa shape index (κ3) is 3.33. The van der Waals surface area contributed by atoms with Crippen LogP contribution in [0.15, 0.2) is 34.8 Å². The molecule has 1 aromatic heterocycles. The van der Waals surface area contributed by atoms with Crippen molar-refractivity contribution in [1.82, 2.24) is 10.2 Å². The molecule has 5 nitrogen and oxygen atoms in total. The quantitative estimate of drug-likeness (QED) is 0.930. The first-order valence-corrected chi connectivity index (χ1v) is 6.80. The Morgan fingerprint density at radius 3 is 2.65 bits per heavy atom. The van der Waals surface area contributed by atoms with E-state index in [9.17, 15) is 4.79 Å². The molecule has 1 aromatic carbocycles. The molecular formula is C14H14BrN3O2. The van der Waals surface area contributed by atoms with Crippen LogP contribution in [0.1, 0.15) is 5.56 Å². The van der Waals surface area contributed by atoms with Crippen LogP contribution in [0.2, 0.25) is 0 Å². The van der Waals surface area contributed by atoms with Crippen LogP contribution in [0.4, 0.5) is 5.82 Å². The van der Waals surface area contributed by atoms with Crippen molar-refractivity contribution in [2.24, 2.45) is 0 Å². The molecule has 2 rings (SSSR count). The molecule has 0 atom stereocenters. The number of hydrogen-bond acceptors (Lipinski definition) is 4. The van der Waals surface area contributed by atoms with Gasteiger partial charge in [0.15, 0.2) is 5.82 Å². The number of aromatic nitrogens is 2. The summed E-state index contributed by atoms with van der Waals surface area (Å²) in [5, 5.41) is 17.0. The third-order valence-electron chi connectivity index (χ3n) is 2.89. The zero-order valence-corrected chi connectivity index (χ0v) is 12.8. The molecule has 0 saturated heterocycles. The van der Waals surface area contributed by atoms with Gasteiger partial charge in [-0.15, -0.1) is 10.2 Å². The number of aliphatic carboxylic acids is 1. The Kier molecular flexibility index (Phi) is 4.34. The molecule has 2 aromatic rings. The number of aryl methyl sites for hydroxylation is 1. The molecule has 0 unspecified atom stereocenters. The number of rotatable bonds is 4. The van der Waals surface area contributed by atoms with E-state index in [1.165, 1.54) is 4.90 Å². The van der Waals surface area contributed by atoms with Gasteiger partial charge in [0.1, 0.15) is 6.54 Å². The van der Waals surface area contributed by atoms with E-state index in [4.69, 9.17) is 5.11 Å². The first kappa shape index (κ1) is 14.5. The highest BCUT2D eigenvalue weighted by Crippen LogP contribution is 2.25. The number of halogens is 1. The van der Waals surface area contributed by atoms with Crippen molar-refractivity contribution in [2.75, 3.05) is 18.5 Å². The lowest BCUT2D eigenvalue weighted by Crippen LogP contribution is -2.26. The standard InChI is InChI=1S/C14H14BrN3O2/c1-9-3-4-10(15)7-11(9)12-5-6-13(17-16-12)18(2)8-14(19)20/h3-7H,8H2,1-2H3,(H,19,20). The predicted octanol–water partition coefficient (Wildman–Crippen LogP) is 2.74. The van der Waals surface area contributed by atoms with Crippen LogP contribution in [0.3, 0.4) is 0 Å². The Labute approximate surface area is 125 Å². The highest BCUT2D eigenvalue weighted by molar-refractivity contribution is 9.10. The average molecular weight is 336 g/mol. The van der Waals surface area contributed by atoms with Gasteiger partial charge in [0, 0.05) is 17.1 Å². The average Bonchev–Trinajstić information content (AvgIpc) is 2.41. The molecule has 0 aliphatic carbocycles. The van der Waals surface area contributed by atoms with Gasteiger partial charge in [-0.25, -0.2) is 0 Å². The van der Waals surface area contributed by atoms with Gasteiger partial charge >= 0.3 is 5.97 Å². The third-order valence-corrected chi connectivity index (χ3v) is 3.38. The Morgan fingerprint density at radius 2 is 2.05 bits per heavy atom. The SMILES string of the molecule is Cc1ccc(Br)cc1-c1ccc(N(C)CC(=O)O)nn1. The predicted molar refractivity (Wildman–Crippen MR) is 80.8 cm³/mol. The molecule has 6 heteroatoms. The molecule has 20 heavy (non-hydrogen) atoms. The summed E-state index contributed by atoms with van der Waals surface area (Å²) in [5.74, 6) is -0.370. The fourth-order valence-electron chi connectivity index (χ4n) is 1.83. The van der Waals surface area contributed by atoms with Gasteiger partial charge in [0.2, 0.25) is 0 Å². The molecule has 0 spiro atoms. The zero-order valence-electron chi connectivity index (χ0n) is 11.2. The molecule has 1 heterocycles. The van der Waals surface area contributed by atoms with E-state index in [0.29, 0.717) is 5.82 Å². The normalized spacial score (nSPS) is 10.3. The molecule has 0 bridgehead atoms.